The van der Waals surface area contributed by atoms with Gasteiger partial charge in [-0.3, -0.25) is 0 Å². The van der Waals surface area contributed by atoms with Gasteiger partial charge in [-0.25, -0.2) is 4.98 Å². The average Bonchev–Trinajstić information content (AvgIpc) is 2.92. The van der Waals surface area contributed by atoms with Crippen molar-refractivity contribution in [2.24, 2.45) is 0 Å². The van der Waals surface area contributed by atoms with E-state index in [0.29, 0.717) is 10.7 Å². The van der Waals surface area contributed by atoms with E-state index < -0.39 is 0 Å². The van der Waals surface area contributed by atoms with Crippen LogP contribution in [0.25, 0.3) is 32.7 Å². The third-order valence-corrected chi connectivity index (χ3v) is 3.48. The number of hydrogen-bond donors (Lipinski definition) is 3. The van der Waals surface area contributed by atoms with Gasteiger partial charge in [0.2, 0.25) is 0 Å². The first-order valence-corrected chi connectivity index (χ1v) is 5.95. The van der Waals surface area contributed by atoms with Crippen molar-refractivity contribution in [1.82, 2.24) is 15.2 Å². The summed E-state index contributed by atoms with van der Waals surface area (Å²) in [6.07, 6.45) is 1.88. The predicted octanol–water partition coefficient (Wildman–Crippen LogP) is 3.43. The summed E-state index contributed by atoms with van der Waals surface area (Å²) >= 11 is 6.06. The molecule has 0 amide bonds. The number of halogens is 1. The van der Waals surface area contributed by atoms with E-state index in [4.69, 9.17) is 17.3 Å². The number of hydrogen-bond acceptors (Lipinski definition) is 2. The number of aromatic nitrogens is 3. The molecular weight excluding hydrogens is 248 g/mol. The molecule has 88 valence electrons. The minimum absolute atomic E-state index is 0.679. The van der Waals surface area contributed by atoms with Crippen molar-refractivity contribution in [3.05, 3.63) is 35.5 Å². The van der Waals surface area contributed by atoms with Crippen molar-refractivity contribution in [2.45, 2.75) is 0 Å². The Morgan fingerprint density at radius 3 is 3.00 bits per heavy atom. The number of nitrogens with two attached hydrogens (primary N) is 1. The number of nitrogens with one attached hydrogen (secondary N) is 2. The van der Waals surface area contributed by atoms with Gasteiger partial charge in [0.05, 0.1) is 22.2 Å². The lowest BCUT2D eigenvalue weighted by Gasteiger charge is -1.98. The predicted molar refractivity (Wildman–Crippen MR) is 74.9 cm³/mol. The molecule has 18 heavy (non-hydrogen) atoms. The zero-order valence-electron chi connectivity index (χ0n) is 9.29. The average molecular weight is 257 g/mol. The van der Waals surface area contributed by atoms with Crippen LogP contribution >= 0.6 is 11.6 Å². The lowest BCUT2D eigenvalue weighted by atomic mass is 10.1. The van der Waals surface area contributed by atoms with Gasteiger partial charge in [-0.1, -0.05) is 11.6 Å². The third-order valence-electron chi connectivity index (χ3n) is 3.24. The molecule has 5 heteroatoms. The summed E-state index contributed by atoms with van der Waals surface area (Å²) in [6.45, 7) is 0. The van der Waals surface area contributed by atoms with Gasteiger partial charge in [0.25, 0.3) is 0 Å². The fraction of sp³-hybridized carbons (Fsp3) is 0. The van der Waals surface area contributed by atoms with Crippen molar-refractivity contribution in [1.29, 1.82) is 0 Å². The van der Waals surface area contributed by atoms with E-state index in [-0.39, 0.29) is 0 Å². The van der Waals surface area contributed by atoms with E-state index in [1.54, 1.807) is 0 Å². The normalized spacial score (nSPS) is 11.8. The first-order valence-electron chi connectivity index (χ1n) is 5.57. The van der Waals surface area contributed by atoms with Gasteiger partial charge in [-0.2, -0.15) is 0 Å². The highest BCUT2D eigenvalue weighted by Crippen LogP contribution is 2.35. The van der Waals surface area contributed by atoms with Crippen LogP contribution in [0.5, 0.6) is 0 Å². The van der Waals surface area contributed by atoms with Crippen molar-refractivity contribution < 1.29 is 0 Å². The largest absolute Gasteiger partial charge is 0.397 e. The van der Waals surface area contributed by atoms with Crippen molar-refractivity contribution in [2.75, 3.05) is 5.73 Å². The van der Waals surface area contributed by atoms with Gasteiger partial charge >= 0.3 is 0 Å². The van der Waals surface area contributed by atoms with E-state index in [1.165, 1.54) is 0 Å². The number of nitrogen functional groups attached to an aromatic ring is 1. The van der Waals surface area contributed by atoms with Crippen LogP contribution in [-0.4, -0.2) is 15.2 Å². The molecule has 2 heterocycles. The second kappa shape index (κ2) is 3.17. The maximum Gasteiger partial charge on any atom is 0.0967 e. The highest BCUT2D eigenvalue weighted by atomic mass is 35.5. The molecule has 0 radical (unpaired) electrons. The molecule has 4 rings (SSSR count). The van der Waals surface area contributed by atoms with Crippen molar-refractivity contribution in [3.63, 3.8) is 0 Å². The number of rotatable bonds is 0. The first-order chi connectivity index (χ1) is 8.74. The zero-order valence-corrected chi connectivity index (χ0v) is 10.0. The molecule has 0 fully saturated rings. The SMILES string of the molecule is Nc1cc2c[nH][nH]c2c2c1nc1ccc(Cl)cc12. The molecular formula is C13H9ClN4. The number of fused-ring (bicyclic) bond motifs is 5. The van der Waals surface area contributed by atoms with Crippen LogP contribution in [-0.2, 0) is 0 Å². The second-order valence-corrected chi connectivity index (χ2v) is 4.78. The summed E-state index contributed by atoms with van der Waals surface area (Å²) in [7, 11) is 0. The molecule has 2 aromatic heterocycles. The highest BCUT2D eigenvalue weighted by molar-refractivity contribution is 6.32. The van der Waals surface area contributed by atoms with Crippen LogP contribution < -0.4 is 5.73 Å². The molecule has 0 aliphatic carbocycles. The monoisotopic (exact) mass is 256 g/mol. The number of aromatic amines is 2. The van der Waals surface area contributed by atoms with Crippen LogP contribution in [0, 0.1) is 0 Å². The number of nitrogens with zero attached hydrogens (tertiary/aromatic N) is 1. The van der Waals surface area contributed by atoms with Crippen LogP contribution in [0.1, 0.15) is 0 Å². The number of anilines is 1. The van der Waals surface area contributed by atoms with E-state index in [1.807, 2.05) is 30.5 Å². The fourth-order valence-corrected chi connectivity index (χ4v) is 2.63. The maximum absolute atomic E-state index is 6.06. The lowest BCUT2D eigenvalue weighted by Crippen LogP contribution is -1.86. The molecule has 0 spiro atoms. The Morgan fingerprint density at radius 2 is 2.11 bits per heavy atom. The van der Waals surface area contributed by atoms with E-state index in [2.05, 4.69) is 15.2 Å². The molecule has 0 aliphatic heterocycles. The molecule has 4 N–H and O–H groups in total. The molecule has 0 saturated heterocycles. The van der Waals surface area contributed by atoms with Gasteiger partial charge in [-0.05, 0) is 24.3 Å². The summed E-state index contributed by atoms with van der Waals surface area (Å²) in [6, 6.07) is 7.59. The van der Waals surface area contributed by atoms with Gasteiger partial charge < -0.3 is 15.9 Å². The van der Waals surface area contributed by atoms with Crippen molar-refractivity contribution >= 4 is 50.0 Å². The highest BCUT2D eigenvalue weighted by Gasteiger charge is 2.13. The summed E-state index contributed by atoms with van der Waals surface area (Å²) < 4.78 is 0. The van der Waals surface area contributed by atoms with Gasteiger partial charge in [0, 0.05) is 27.4 Å². The third kappa shape index (κ3) is 1.13. The maximum atomic E-state index is 6.06. The first kappa shape index (κ1) is 9.79. The molecule has 4 aromatic rings. The van der Waals surface area contributed by atoms with Gasteiger partial charge in [-0.15, -0.1) is 0 Å². The lowest BCUT2D eigenvalue weighted by molar-refractivity contribution is 1.12. The minimum atomic E-state index is 0.679. The molecule has 0 bridgehead atoms. The van der Waals surface area contributed by atoms with Gasteiger partial charge in [0.1, 0.15) is 0 Å². The Bertz CT molecular complexity index is 903. The van der Waals surface area contributed by atoms with Gasteiger partial charge in [0.15, 0.2) is 0 Å². The quantitative estimate of drug-likeness (QED) is 0.422. The molecule has 0 atom stereocenters. The second-order valence-electron chi connectivity index (χ2n) is 4.34. The van der Waals surface area contributed by atoms with Crippen LogP contribution in [0.3, 0.4) is 0 Å². The summed E-state index contributed by atoms with van der Waals surface area (Å²) in [5, 5.41) is 9.88. The molecule has 4 nitrogen and oxygen atoms in total. The molecule has 2 aromatic carbocycles. The van der Waals surface area contributed by atoms with E-state index in [9.17, 15) is 0 Å². The summed E-state index contributed by atoms with van der Waals surface area (Å²) in [5.74, 6) is 0. The Morgan fingerprint density at radius 1 is 1.22 bits per heavy atom. The van der Waals surface area contributed by atoms with E-state index in [0.717, 1.165) is 32.7 Å². The van der Waals surface area contributed by atoms with Crippen molar-refractivity contribution in [3.8, 4) is 0 Å². The number of H-pyrrole nitrogens is 2. The summed E-state index contributed by atoms with van der Waals surface area (Å²) in [5.41, 5.74) is 9.46. The summed E-state index contributed by atoms with van der Waals surface area (Å²) in [4.78, 5) is 4.57. The molecule has 0 aliphatic rings. The fourth-order valence-electron chi connectivity index (χ4n) is 2.46. The topological polar surface area (TPSA) is 70.5 Å². The Kier molecular flexibility index (Phi) is 1.73. The van der Waals surface area contributed by atoms with E-state index >= 15 is 0 Å². The smallest absolute Gasteiger partial charge is 0.0967 e. The van der Waals surface area contributed by atoms with Crippen LogP contribution in [0.4, 0.5) is 5.69 Å². The Balaban J connectivity index is 2.39. The molecule has 0 saturated carbocycles. The Hall–Kier alpha value is -2.20. The zero-order chi connectivity index (χ0) is 12.3. The Labute approximate surface area is 107 Å². The standard InChI is InChI=1S/C13H9ClN4/c14-7-1-2-10-8(4-7)11-12-6(5-16-18-12)3-9(15)13(11)17-10/h1-5,16,18H,15H2. The molecule has 0 unspecified atom stereocenters. The minimum Gasteiger partial charge on any atom is -0.397 e. The van der Waals surface area contributed by atoms with Crippen LogP contribution in [0.15, 0.2) is 30.5 Å². The number of benzene rings is 2. The van der Waals surface area contributed by atoms with Crippen LogP contribution in [0.2, 0.25) is 5.02 Å².